The van der Waals surface area contributed by atoms with Crippen LogP contribution in [0.1, 0.15) is 172 Å². The third-order valence-electron chi connectivity index (χ3n) is 13.6. The maximum Gasteiger partial charge on any atom is 0.313 e. The number of carbonyl (C=O) groups is 4. The highest BCUT2D eigenvalue weighted by Crippen LogP contribution is 2.54. The molecule has 4 rings (SSSR count). The molecule has 0 saturated heterocycles. The lowest BCUT2D eigenvalue weighted by Crippen LogP contribution is -2.23. The van der Waals surface area contributed by atoms with Crippen LogP contribution in [0, 0.1) is 21.7 Å². The lowest BCUT2D eigenvalue weighted by Gasteiger charge is -2.20. The first-order valence-corrected chi connectivity index (χ1v) is 22.4. The fraction of sp³-hybridized carbons (Fsp3) is 0.667. The van der Waals surface area contributed by atoms with Crippen LogP contribution in [0.5, 0.6) is 28.7 Å². The van der Waals surface area contributed by atoms with Crippen molar-refractivity contribution >= 4 is 23.9 Å². The molecule has 0 radical (unpaired) electrons. The molecule has 2 atom stereocenters. The van der Waals surface area contributed by atoms with Gasteiger partial charge < -0.3 is 45.6 Å². The summed E-state index contributed by atoms with van der Waals surface area (Å²) in [6, 6.07) is 4.75. The highest BCUT2D eigenvalue weighted by Gasteiger charge is 2.62. The van der Waals surface area contributed by atoms with E-state index in [-0.39, 0.29) is 11.5 Å². The fourth-order valence-electron chi connectivity index (χ4n) is 8.64. The van der Waals surface area contributed by atoms with Crippen LogP contribution in [0.2, 0.25) is 0 Å². The second kappa shape index (κ2) is 20.9. The zero-order chi connectivity index (χ0) is 45.2. The average Bonchev–Trinajstić information content (AvgIpc) is 4.12. The van der Waals surface area contributed by atoms with Crippen molar-refractivity contribution in [2.45, 2.75) is 181 Å². The maximum atomic E-state index is 12.7. The number of carboxylic acids is 4. The summed E-state index contributed by atoms with van der Waals surface area (Å²) in [5.41, 5.74) is -0.498. The van der Waals surface area contributed by atoms with E-state index < -0.39 is 63.1 Å². The predicted molar refractivity (Wildman–Crippen MR) is 229 cm³/mol. The summed E-state index contributed by atoms with van der Waals surface area (Å²) in [5.74, 6) is -4.03. The van der Waals surface area contributed by atoms with Gasteiger partial charge in [-0.2, -0.15) is 0 Å². The molecule has 2 aromatic rings. The van der Waals surface area contributed by atoms with E-state index in [1.54, 1.807) is 39.8 Å². The van der Waals surface area contributed by atoms with Crippen LogP contribution in [0.15, 0.2) is 18.2 Å². The first kappa shape index (κ1) is 49.0. The Morgan fingerprint density at radius 1 is 0.590 bits per heavy atom. The molecule has 2 saturated carbocycles. The van der Waals surface area contributed by atoms with Crippen LogP contribution in [0.25, 0.3) is 0 Å². The summed E-state index contributed by atoms with van der Waals surface area (Å²) in [7, 11) is 0. The van der Waals surface area contributed by atoms with Crippen molar-refractivity contribution in [2.75, 3.05) is 0 Å². The molecule has 2 unspecified atom stereocenters. The minimum atomic E-state index is -1.08. The summed E-state index contributed by atoms with van der Waals surface area (Å²) in [6.07, 6.45) is 13.8. The molecule has 0 bridgehead atoms. The first-order chi connectivity index (χ1) is 28.7. The second-order valence-electron chi connectivity index (χ2n) is 19.2. The number of hydrogen-bond donors (Lipinski definition) is 8. The fourth-order valence-corrected chi connectivity index (χ4v) is 8.64. The summed E-state index contributed by atoms with van der Waals surface area (Å²) in [4.78, 5) is 47.4. The lowest BCUT2D eigenvalue weighted by atomic mass is 9.86. The van der Waals surface area contributed by atoms with Gasteiger partial charge in [0, 0.05) is 23.1 Å². The van der Waals surface area contributed by atoms with Gasteiger partial charge in [-0.25, -0.2) is 0 Å². The predicted octanol–water partition coefficient (Wildman–Crippen LogP) is 9.93. The number of hydrogen-bond acceptors (Lipinski definition) is 9. The molecule has 0 spiro atoms. The summed E-state index contributed by atoms with van der Waals surface area (Å²) in [5, 5.41) is 81.2. The van der Waals surface area contributed by atoms with Gasteiger partial charge in [0.15, 0.2) is 11.5 Å². The van der Waals surface area contributed by atoms with Gasteiger partial charge in [0.1, 0.15) is 23.0 Å². The standard InChI is InChI=1S/C48H70O13/c1-45(2,41(53)54)23-13-5-9-17-31-29-36(50)40(52)39(51)32(31)18-10-8-16-26-48(44(59)60)30-38(48)61-37-22-21-35(49)33(19-11-7-15-25-47(27-28-47)43(57)58)34(37)20-12-6-14-24-46(3,4)42(55)56/h21-22,29,38,49-52H,5-20,23-28,30H2,1-4H3,(H,53,54)(H,55,56)(H,57,58)(H,59,60). The van der Waals surface area contributed by atoms with Gasteiger partial charge in [-0.3, -0.25) is 19.2 Å². The molecule has 2 aliphatic carbocycles. The number of carboxylic acid groups (broad SMARTS) is 4. The Bertz CT molecular complexity index is 1860. The topological polar surface area (TPSA) is 239 Å². The van der Waals surface area contributed by atoms with Crippen molar-refractivity contribution < 1.29 is 64.8 Å². The minimum absolute atomic E-state index is 0.134. The van der Waals surface area contributed by atoms with Gasteiger partial charge in [-0.05, 0) is 141 Å². The van der Waals surface area contributed by atoms with Gasteiger partial charge in [0.05, 0.1) is 16.2 Å². The molecular weight excluding hydrogens is 785 g/mol. The van der Waals surface area contributed by atoms with E-state index in [0.29, 0.717) is 126 Å². The molecule has 2 fully saturated rings. The molecule has 2 aromatic carbocycles. The minimum Gasteiger partial charge on any atom is -0.508 e. The molecule has 8 N–H and O–H groups in total. The van der Waals surface area contributed by atoms with Crippen LogP contribution in [-0.2, 0) is 44.9 Å². The Balaban J connectivity index is 1.36. The summed E-state index contributed by atoms with van der Waals surface area (Å²) < 4.78 is 6.50. The highest BCUT2D eigenvalue weighted by atomic mass is 16.5. The zero-order valence-electron chi connectivity index (χ0n) is 36.7. The molecular formula is C48H70O13. The zero-order valence-corrected chi connectivity index (χ0v) is 36.7. The van der Waals surface area contributed by atoms with Crippen molar-refractivity contribution in [3.63, 3.8) is 0 Å². The number of phenolic OH excluding ortho intramolecular Hbond substituents is 4. The normalized spacial score (nSPS) is 18.1. The Labute approximate surface area is 360 Å². The number of benzene rings is 2. The van der Waals surface area contributed by atoms with E-state index in [4.69, 9.17) is 4.74 Å². The van der Waals surface area contributed by atoms with Gasteiger partial charge in [0.25, 0.3) is 0 Å². The van der Waals surface area contributed by atoms with E-state index in [0.717, 1.165) is 49.7 Å². The average molecular weight is 855 g/mol. The van der Waals surface area contributed by atoms with Crippen LogP contribution >= 0.6 is 0 Å². The largest absolute Gasteiger partial charge is 0.508 e. The number of aromatic hydroxyl groups is 4. The van der Waals surface area contributed by atoms with Crippen molar-refractivity contribution in [3.8, 4) is 28.7 Å². The van der Waals surface area contributed by atoms with E-state index in [9.17, 15) is 60.0 Å². The number of aryl methyl sites for hydroxylation is 1. The summed E-state index contributed by atoms with van der Waals surface area (Å²) >= 11 is 0. The van der Waals surface area contributed by atoms with Crippen molar-refractivity contribution in [1.82, 2.24) is 0 Å². The van der Waals surface area contributed by atoms with Crippen molar-refractivity contribution in [3.05, 3.63) is 40.5 Å². The molecule has 2 aliphatic rings. The number of ether oxygens (including phenoxy) is 1. The molecule has 340 valence electrons. The van der Waals surface area contributed by atoms with Crippen LogP contribution in [-0.4, -0.2) is 70.8 Å². The Morgan fingerprint density at radius 2 is 1.10 bits per heavy atom. The van der Waals surface area contributed by atoms with E-state index in [1.165, 1.54) is 6.07 Å². The molecule has 0 heterocycles. The highest BCUT2D eigenvalue weighted by molar-refractivity contribution is 5.79. The molecule has 0 aliphatic heterocycles. The van der Waals surface area contributed by atoms with Crippen molar-refractivity contribution in [2.24, 2.45) is 21.7 Å². The van der Waals surface area contributed by atoms with Crippen LogP contribution in [0.3, 0.4) is 0 Å². The van der Waals surface area contributed by atoms with Gasteiger partial charge in [-0.15, -0.1) is 0 Å². The third kappa shape index (κ3) is 12.9. The molecule has 13 nitrogen and oxygen atoms in total. The van der Waals surface area contributed by atoms with Crippen LogP contribution in [0.4, 0.5) is 0 Å². The second-order valence-corrected chi connectivity index (χ2v) is 19.2. The Morgan fingerprint density at radius 3 is 1.62 bits per heavy atom. The Kier molecular flexibility index (Phi) is 16.8. The van der Waals surface area contributed by atoms with Crippen LogP contribution < -0.4 is 4.74 Å². The van der Waals surface area contributed by atoms with Gasteiger partial charge in [-0.1, -0.05) is 51.4 Å². The van der Waals surface area contributed by atoms with Gasteiger partial charge >= 0.3 is 23.9 Å². The summed E-state index contributed by atoms with van der Waals surface area (Å²) in [6.45, 7) is 6.81. The number of unbranched alkanes of at least 4 members (excludes halogenated alkanes) is 8. The van der Waals surface area contributed by atoms with Crippen molar-refractivity contribution in [1.29, 1.82) is 0 Å². The smallest absolute Gasteiger partial charge is 0.313 e. The molecule has 61 heavy (non-hydrogen) atoms. The van der Waals surface area contributed by atoms with Gasteiger partial charge in [0.2, 0.25) is 5.75 Å². The molecule has 13 heteroatoms. The maximum absolute atomic E-state index is 12.7. The quantitative estimate of drug-likeness (QED) is 0.0270. The monoisotopic (exact) mass is 854 g/mol. The lowest BCUT2D eigenvalue weighted by molar-refractivity contribution is -0.148. The van der Waals surface area contributed by atoms with E-state index in [1.807, 2.05) is 0 Å². The first-order valence-electron chi connectivity index (χ1n) is 22.4. The number of phenols is 4. The SMILES string of the molecule is CC(C)(CCCCCc1cc(O)c(O)c(O)c1CCCCCC1(C(=O)O)CC1Oc1ccc(O)c(CCCCCC2(C(=O)O)CC2)c1CCCCCC(C)(C)C(=O)O)C(=O)O. The van der Waals surface area contributed by atoms with E-state index in [2.05, 4.69) is 0 Å². The third-order valence-corrected chi connectivity index (χ3v) is 13.6. The molecule has 0 amide bonds. The number of aliphatic carboxylic acids is 4. The Hall–Kier alpha value is -4.68. The number of rotatable bonds is 30. The van der Waals surface area contributed by atoms with E-state index >= 15 is 0 Å². The molecule has 0 aromatic heterocycles.